The number of nitrogens with one attached hydrogen (secondary N) is 1. The van der Waals surface area contributed by atoms with Crippen LogP contribution in [0, 0.1) is 0 Å². The number of hydrogen-bond acceptors (Lipinski definition) is 4. The summed E-state index contributed by atoms with van der Waals surface area (Å²) >= 11 is 0. The number of carbonyl (C=O) groups is 2. The number of carbonyl (C=O) groups excluding carboxylic acids is 2. The number of piperazine rings is 1. The second-order valence-corrected chi connectivity index (χ2v) is 6.62. The summed E-state index contributed by atoms with van der Waals surface area (Å²) in [7, 11) is -3.16. The largest absolute Gasteiger partial charge is 0.343 e. The zero-order valence-corrected chi connectivity index (χ0v) is 11.1. The summed E-state index contributed by atoms with van der Waals surface area (Å²) in [5.74, 6) is -0.567. The van der Waals surface area contributed by atoms with Gasteiger partial charge in [-0.15, -0.1) is 0 Å². The van der Waals surface area contributed by atoms with Gasteiger partial charge in [0.15, 0.2) is 0 Å². The Hall–Kier alpha value is -1.11. The summed E-state index contributed by atoms with van der Waals surface area (Å²) in [4.78, 5) is 24.7. The van der Waals surface area contributed by atoms with Crippen molar-refractivity contribution < 1.29 is 18.0 Å². The topological polar surface area (TPSA) is 83.6 Å². The minimum atomic E-state index is -3.16. The van der Waals surface area contributed by atoms with Crippen molar-refractivity contribution in [1.82, 2.24) is 10.2 Å². The monoisotopic (exact) mass is 262 g/mol. The molecule has 1 heterocycles. The Balaban J connectivity index is 2.81. The lowest BCUT2D eigenvalue weighted by Gasteiger charge is -2.35. The molecule has 7 heteroatoms. The highest BCUT2D eigenvalue weighted by molar-refractivity contribution is 7.90. The van der Waals surface area contributed by atoms with Crippen molar-refractivity contribution in [2.24, 2.45) is 0 Å². The van der Waals surface area contributed by atoms with E-state index < -0.39 is 21.9 Å². The second-order valence-electron chi connectivity index (χ2n) is 4.44. The molecule has 1 saturated heterocycles. The number of nitrogens with zero attached hydrogens (tertiary/aromatic N) is 1. The molecule has 1 aliphatic heterocycles. The molecule has 0 aromatic rings. The van der Waals surface area contributed by atoms with E-state index in [9.17, 15) is 18.0 Å². The average Bonchev–Trinajstić information content (AvgIpc) is 2.18. The molecule has 0 aliphatic carbocycles. The van der Waals surface area contributed by atoms with E-state index in [1.807, 2.05) is 0 Å². The van der Waals surface area contributed by atoms with Crippen LogP contribution in [0.1, 0.15) is 20.3 Å². The van der Waals surface area contributed by atoms with Gasteiger partial charge in [0.2, 0.25) is 11.8 Å². The first kappa shape index (κ1) is 14.0. The molecule has 0 saturated carbocycles. The van der Waals surface area contributed by atoms with Crippen molar-refractivity contribution in [2.45, 2.75) is 32.4 Å². The molecule has 17 heavy (non-hydrogen) atoms. The van der Waals surface area contributed by atoms with Gasteiger partial charge in [-0.2, -0.15) is 0 Å². The van der Waals surface area contributed by atoms with Crippen LogP contribution in [-0.4, -0.2) is 55.8 Å². The van der Waals surface area contributed by atoms with Gasteiger partial charge in [-0.3, -0.25) is 9.59 Å². The van der Waals surface area contributed by atoms with Gasteiger partial charge in [-0.05, 0) is 13.3 Å². The quantitative estimate of drug-likeness (QED) is 0.716. The average molecular weight is 262 g/mol. The van der Waals surface area contributed by atoms with Crippen LogP contribution in [0.4, 0.5) is 0 Å². The molecule has 2 unspecified atom stereocenters. The summed E-state index contributed by atoms with van der Waals surface area (Å²) in [6, 6.07) is -1.00. The van der Waals surface area contributed by atoms with Gasteiger partial charge in [-0.25, -0.2) is 8.42 Å². The maximum Gasteiger partial charge on any atom is 0.245 e. The first-order chi connectivity index (χ1) is 7.74. The van der Waals surface area contributed by atoms with Crippen LogP contribution >= 0.6 is 0 Å². The third kappa shape index (κ3) is 3.69. The van der Waals surface area contributed by atoms with Crippen LogP contribution in [0.2, 0.25) is 0 Å². The fourth-order valence-corrected chi connectivity index (χ4v) is 2.97. The number of hydrogen-bond donors (Lipinski definition) is 1. The predicted octanol–water partition coefficient (Wildman–Crippen LogP) is -0.843. The first-order valence-electron chi connectivity index (χ1n) is 5.52. The molecule has 0 bridgehead atoms. The first-order valence-corrected chi connectivity index (χ1v) is 7.58. The van der Waals surface area contributed by atoms with Crippen molar-refractivity contribution in [3.8, 4) is 0 Å². The summed E-state index contributed by atoms with van der Waals surface area (Å²) in [5.41, 5.74) is 0. The lowest BCUT2D eigenvalue weighted by molar-refractivity contribution is -0.145. The van der Waals surface area contributed by atoms with Gasteiger partial charge >= 0.3 is 0 Å². The molecule has 1 fully saturated rings. The Labute approximate surface area is 101 Å². The normalized spacial score (nSPS) is 23.5. The van der Waals surface area contributed by atoms with Crippen molar-refractivity contribution in [3.63, 3.8) is 0 Å². The Morgan fingerprint density at radius 3 is 2.53 bits per heavy atom. The van der Waals surface area contributed by atoms with Crippen LogP contribution in [0.5, 0.6) is 0 Å². The van der Waals surface area contributed by atoms with Gasteiger partial charge in [0.1, 0.15) is 15.9 Å². The minimum Gasteiger partial charge on any atom is -0.343 e. The third-order valence-corrected chi connectivity index (χ3v) is 3.80. The molecule has 2 amide bonds. The SMILES string of the molecule is CCC1NC(=O)CN(C(C)CS(C)(=O)=O)C1=O. The van der Waals surface area contributed by atoms with Crippen LogP contribution in [-0.2, 0) is 19.4 Å². The Morgan fingerprint density at radius 2 is 2.06 bits per heavy atom. The van der Waals surface area contributed by atoms with Crippen molar-refractivity contribution in [1.29, 1.82) is 0 Å². The third-order valence-electron chi connectivity index (χ3n) is 2.71. The summed E-state index contributed by atoms with van der Waals surface area (Å²) < 4.78 is 22.4. The van der Waals surface area contributed by atoms with E-state index in [0.717, 1.165) is 6.26 Å². The second kappa shape index (κ2) is 5.03. The Bertz CT molecular complexity index is 418. The van der Waals surface area contributed by atoms with Crippen molar-refractivity contribution in [2.75, 3.05) is 18.6 Å². The highest BCUT2D eigenvalue weighted by Crippen LogP contribution is 2.11. The molecule has 0 radical (unpaired) electrons. The molecule has 98 valence electrons. The van der Waals surface area contributed by atoms with Gasteiger partial charge in [0, 0.05) is 12.3 Å². The van der Waals surface area contributed by atoms with Crippen molar-refractivity contribution >= 4 is 21.7 Å². The standard InChI is InChI=1S/C10H18N2O4S/c1-4-8-10(14)12(5-9(13)11-8)7(2)6-17(3,15)16/h7-8H,4-6H2,1-3H3,(H,11,13). The maximum absolute atomic E-state index is 11.9. The minimum absolute atomic E-state index is 0.0635. The fourth-order valence-electron chi connectivity index (χ4n) is 1.91. The predicted molar refractivity (Wildman–Crippen MR) is 63.1 cm³/mol. The maximum atomic E-state index is 11.9. The van der Waals surface area contributed by atoms with Crippen LogP contribution in [0.3, 0.4) is 0 Å². The molecule has 6 nitrogen and oxygen atoms in total. The van der Waals surface area contributed by atoms with E-state index in [4.69, 9.17) is 0 Å². The van der Waals surface area contributed by atoms with Gasteiger partial charge in [0.25, 0.3) is 0 Å². The zero-order valence-electron chi connectivity index (χ0n) is 10.3. The molecule has 0 aromatic heterocycles. The van der Waals surface area contributed by atoms with Gasteiger partial charge < -0.3 is 10.2 Å². The van der Waals surface area contributed by atoms with E-state index in [0.29, 0.717) is 6.42 Å². The van der Waals surface area contributed by atoms with E-state index in [2.05, 4.69) is 5.32 Å². The smallest absolute Gasteiger partial charge is 0.245 e. The summed E-state index contributed by atoms with van der Waals surface area (Å²) in [6.45, 7) is 3.38. The Morgan fingerprint density at radius 1 is 1.47 bits per heavy atom. The highest BCUT2D eigenvalue weighted by Gasteiger charge is 2.34. The highest BCUT2D eigenvalue weighted by atomic mass is 32.2. The van der Waals surface area contributed by atoms with Gasteiger partial charge in [-0.1, -0.05) is 6.92 Å². The lowest BCUT2D eigenvalue weighted by atomic mass is 10.1. The van der Waals surface area contributed by atoms with Crippen molar-refractivity contribution in [3.05, 3.63) is 0 Å². The summed E-state index contributed by atoms with van der Waals surface area (Å²) in [5, 5.41) is 2.58. The number of amides is 2. The zero-order chi connectivity index (χ0) is 13.2. The molecule has 1 N–H and O–H groups in total. The molecular weight excluding hydrogens is 244 g/mol. The van der Waals surface area contributed by atoms with Crippen LogP contribution in [0.25, 0.3) is 0 Å². The number of sulfone groups is 1. The van der Waals surface area contributed by atoms with E-state index in [-0.39, 0.29) is 24.1 Å². The molecule has 0 spiro atoms. The molecule has 1 rings (SSSR count). The lowest BCUT2D eigenvalue weighted by Crippen LogP contribution is -2.60. The molecule has 0 aromatic carbocycles. The number of rotatable bonds is 4. The summed E-state index contributed by atoms with van der Waals surface area (Å²) in [6.07, 6.45) is 1.63. The molecular formula is C10H18N2O4S. The van der Waals surface area contributed by atoms with Crippen LogP contribution in [0.15, 0.2) is 0 Å². The van der Waals surface area contributed by atoms with Crippen LogP contribution < -0.4 is 5.32 Å². The molecule has 1 aliphatic rings. The Kier molecular flexibility index (Phi) is 4.13. The fraction of sp³-hybridized carbons (Fsp3) is 0.800. The van der Waals surface area contributed by atoms with E-state index in [1.54, 1.807) is 13.8 Å². The van der Waals surface area contributed by atoms with Gasteiger partial charge in [0.05, 0.1) is 12.3 Å². The van der Waals surface area contributed by atoms with E-state index >= 15 is 0 Å². The molecule has 2 atom stereocenters. The van der Waals surface area contributed by atoms with E-state index in [1.165, 1.54) is 4.90 Å².